The van der Waals surface area contributed by atoms with Gasteiger partial charge in [0.2, 0.25) is 0 Å². The zero-order chi connectivity index (χ0) is 15.1. The molecule has 0 amide bonds. The first-order valence-electron chi connectivity index (χ1n) is 7.62. The minimum Gasteiger partial charge on any atom is -0.356 e. The lowest BCUT2D eigenvalue weighted by Crippen LogP contribution is -2.26. The Hall–Kier alpha value is -2.10. The number of aromatic nitrogens is 2. The van der Waals surface area contributed by atoms with Crippen molar-refractivity contribution in [3.05, 3.63) is 42.7 Å². The van der Waals surface area contributed by atoms with Gasteiger partial charge in [-0.25, -0.2) is 9.97 Å². The normalized spacial score (nSPS) is 10.4. The molecule has 1 aromatic heterocycles. The number of hydrogen-bond acceptors (Lipinski definition) is 4. The van der Waals surface area contributed by atoms with E-state index in [1.807, 2.05) is 25.2 Å². The maximum atomic E-state index is 4.44. The molecule has 0 aliphatic carbocycles. The number of hydrogen-bond donors (Lipinski definition) is 0. The molecule has 0 saturated carbocycles. The second-order valence-electron chi connectivity index (χ2n) is 5.12. The van der Waals surface area contributed by atoms with Crippen LogP contribution in [-0.2, 0) is 0 Å². The van der Waals surface area contributed by atoms with Gasteiger partial charge in [-0.05, 0) is 25.0 Å². The summed E-state index contributed by atoms with van der Waals surface area (Å²) in [5.41, 5.74) is 1.12. The summed E-state index contributed by atoms with van der Waals surface area (Å²) in [5.74, 6) is 1.93. The molecule has 0 bridgehead atoms. The Kier molecular flexibility index (Phi) is 5.55. The van der Waals surface area contributed by atoms with Crippen LogP contribution in [0, 0.1) is 0 Å². The zero-order valence-electron chi connectivity index (χ0n) is 13.2. The first kappa shape index (κ1) is 15.3. The molecule has 0 aliphatic heterocycles. The minimum atomic E-state index is 0.920. The first-order chi connectivity index (χ1) is 10.3. The molecule has 0 saturated heterocycles. The lowest BCUT2D eigenvalue weighted by atomic mass is 10.3. The molecule has 0 unspecified atom stereocenters. The Morgan fingerprint density at radius 3 is 2.14 bits per heavy atom. The largest absolute Gasteiger partial charge is 0.356 e. The summed E-state index contributed by atoms with van der Waals surface area (Å²) >= 11 is 0. The highest BCUT2D eigenvalue weighted by atomic mass is 15.2. The third-order valence-corrected chi connectivity index (χ3v) is 3.44. The molecule has 0 fully saturated rings. The topological polar surface area (TPSA) is 32.3 Å². The Morgan fingerprint density at radius 1 is 0.905 bits per heavy atom. The number of nitrogens with zero attached hydrogens (tertiary/aromatic N) is 4. The van der Waals surface area contributed by atoms with Crippen LogP contribution in [0.15, 0.2) is 42.7 Å². The summed E-state index contributed by atoms with van der Waals surface area (Å²) in [6.07, 6.45) is 3.89. The second kappa shape index (κ2) is 7.62. The van der Waals surface area contributed by atoms with Gasteiger partial charge in [0.15, 0.2) is 0 Å². The van der Waals surface area contributed by atoms with Gasteiger partial charge >= 0.3 is 0 Å². The molecule has 0 N–H and O–H groups in total. The predicted molar refractivity (Wildman–Crippen MR) is 89.3 cm³/mol. The fourth-order valence-electron chi connectivity index (χ4n) is 2.36. The fraction of sp³-hybridized carbons (Fsp3) is 0.412. The van der Waals surface area contributed by atoms with Crippen LogP contribution in [-0.4, -0.2) is 30.1 Å². The van der Waals surface area contributed by atoms with E-state index in [0.717, 1.165) is 43.3 Å². The number of anilines is 3. The van der Waals surface area contributed by atoms with Gasteiger partial charge in [0, 0.05) is 31.9 Å². The van der Waals surface area contributed by atoms with Gasteiger partial charge in [0.1, 0.15) is 18.0 Å². The van der Waals surface area contributed by atoms with Gasteiger partial charge in [0.25, 0.3) is 0 Å². The molecule has 4 nitrogen and oxygen atoms in total. The van der Waals surface area contributed by atoms with E-state index in [-0.39, 0.29) is 0 Å². The van der Waals surface area contributed by atoms with Crippen molar-refractivity contribution in [3.8, 4) is 0 Å². The summed E-state index contributed by atoms with van der Waals surface area (Å²) in [4.78, 5) is 13.3. The zero-order valence-corrected chi connectivity index (χ0v) is 13.2. The van der Waals surface area contributed by atoms with Crippen LogP contribution in [0.5, 0.6) is 0 Å². The van der Waals surface area contributed by atoms with Crippen molar-refractivity contribution >= 4 is 17.3 Å². The lowest BCUT2D eigenvalue weighted by molar-refractivity contribution is 0.732. The molecule has 2 aromatic rings. The van der Waals surface area contributed by atoms with Crippen LogP contribution in [0.1, 0.15) is 26.7 Å². The Morgan fingerprint density at radius 2 is 1.52 bits per heavy atom. The van der Waals surface area contributed by atoms with Crippen molar-refractivity contribution in [1.82, 2.24) is 9.97 Å². The minimum absolute atomic E-state index is 0.920. The van der Waals surface area contributed by atoms with E-state index >= 15 is 0 Å². The molecular formula is C17H24N4. The maximum Gasteiger partial charge on any atom is 0.138 e. The lowest BCUT2D eigenvalue weighted by Gasteiger charge is -2.24. The maximum absolute atomic E-state index is 4.44. The molecule has 4 heteroatoms. The molecule has 2 rings (SSSR count). The van der Waals surface area contributed by atoms with Gasteiger partial charge in [-0.15, -0.1) is 0 Å². The van der Waals surface area contributed by atoms with Crippen molar-refractivity contribution in [1.29, 1.82) is 0 Å². The fourth-order valence-corrected chi connectivity index (χ4v) is 2.36. The third-order valence-electron chi connectivity index (χ3n) is 3.44. The summed E-state index contributed by atoms with van der Waals surface area (Å²) in [5, 5.41) is 0. The van der Waals surface area contributed by atoms with Crippen LogP contribution in [0.2, 0.25) is 0 Å². The van der Waals surface area contributed by atoms with E-state index in [1.165, 1.54) is 0 Å². The Bertz CT molecular complexity index is 535. The predicted octanol–water partition coefficient (Wildman–Crippen LogP) is 3.87. The van der Waals surface area contributed by atoms with Gasteiger partial charge in [-0.2, -0.15) is 0 Å². The Balaban J connectivity index is 2.24. The van der Waals surface area contributed by atoms with E-state index in [9.17, 15) is 0 Å². The van der Waals surface area contributed by atoms with Crippen LogP contribution in [0.25, 0.3) is 0 Å². The van der Waals surface area contributed by atoms with Crippen molar-refractivity contribution in [3.63, 3.8) is 0 Å². The average Bonchev–Trinajstić information content (AvgIpc) is 2.55. The molecular weight excluding hydrogens is 260 g/mol. The van der Waals surface area contributed by atoms with E-state index in [2.05, 4.69) is 51.8 Å². The second-order valence-corrected chi connectivity index (χ2v) is 5.12. The highest BCUT2D eigenvalue weighted by Gasteiger charge is 2.10. The quantitative estimate of drug-likeness (QED) is 0.772. The number of rotatable bonds is 7. The van der Waals surface area contributed by atoms with Crippen LogP contribution < -0.4 is 9.80 Å². The van der Waals surface area contributed by atoms with Gasteiger partial charge in [-0.1, -0.05) is 32.0 Å². The smallest absolute Gasteiger partial charge is 0.138 e. The summed E-state index contributed by atoms with van der Waals surface area (Å²) in [7, 11) is 2.03. The van der Waals surface area contributed by atoms with Crippen LogP contribution in [0.3, 0.4) is 0 Å². The standard InChI is InChI=1S/C17H24N4/c1-4-11-21(12-5-2)17-13-16(18-14-19-17)20(3)15-9-7-6-8-10-15/h6-10,13-14H,4-5,11-12H2,1-3H3. The SMILES string of the molecule is CCCN(CCC)c1cc(N(C)c2ccccc2)ncn1. The highest BCUT2D eigenvalue weighted by Crippen LogP contribution is 2.23. The van der Waals surface area contributed by atoms with Gasteiger partial charge in [-0.3, -0.25) is 0 Å². The molecule has 21 heavy (non-hydrogen) atoms. The molecule has 0 spiro atoms. The van der Waals surface area contributed by atoms with Crippen molar-refractivity contribution in [2.45, 2.75) is 26.7 Å². The molecule has 0 aliphatic rings. The monoisotopic (exact) mass is 284 g/mol. The highest BCUT2D eigenvalue weighted by molar-refractivity contribution is 5.61. The van der Waals surface area contributed by atoms with Crippen molar-refractivity contribution < 1.29 is 0 Å². The molecule has 0 radical (unpaired) electrons. The van der Waals surface area contributed by atoms with E-state index in [0.29, 0.717) is 0 Å². The molecule has 0 atom stereocenters. The average molecular weight is 284 g/mol. The number of benzene rings is 1. The van der Waals surface area contributed by atoms with Crippen molar-refractivity contribution in [2.75, 3.05) is 29.9 Å². The number of para-hydroxylation sites is 1. The van der Waals surface area contributed by atoms with Crippen LogP contribution >= 0.6 is 0 Å². The van der Waals surface area contributed by atoms with Gasteiger partial charge in [0.05, 0.1) is 0 Å². The van der Waals surface area contributed by atoms with Crippen molar-refractivity contribution in [2.24, 2.45) is 0 Å². The van der Waals surface area contributed by atoms with E-state index < -0.39 is 0 Å². The summed E-state index contributed by atoms with van der Waals surface area (Å²) < 4.78 is 0. The first-order valence-corrected chi connectivity index (χ1v) is 7.62. The molecule has 1 heterocycles. The van der Waals surface area contributed by atoms with Gasteiger partial charge < -0.3 is 9.80 Å². The van der Waals surface area contributed by atoms with E-state index in [4.69, 9.17) is 0 Å². The molecule has 112 valence electrons. The van der Waals surface area contributed by atoms with E-state index in [1.54, 1.807) is 6.33 Å². The summed E-state index contributed by atoms with van der Waals surface area (Å²) in [6.45, 7) is 6.44. The third kappa shape index (κ3) is 3.94. The summed E-state index contributed by atoms with van der Waals surface area (Å²) in [6, 6.07) is 12.3. The Labute approximate surface area is 127 Å². The van der Waals surface area contributed by atoms with Crippen LogP contribution in [0.4, 0.5) is 17.3 Å². The molecule has 1 aromatic carbocycles.